The lowest BCUT2D eigenvalue weighted by Gasteiger charge is -2.21. The lowest BCUT2D eigenvalue weighted by atomic mass is 9.99. The number of hydrogen-bond donors (Lipinski definition) is 4. The Morgan fingerprint density at radius 3 is 2.51 bits per heavy atom. The van der Waals surface area contributed by atoms with Crippen LogP contribution >= 0.6 is 0 Å². The summed E-state index contributed by atoms with van der Waals surface area (Å²) >= 11 is 0. The zero-order valence-corrected chi connectivity index (χ0v) is 21.0. The smallest absolute Gasteiger partial charge is 0.257 e. The molecule has 0 fully saturated rings. The first-order valence-corrected chi connectivity index (χ1v) is 12.3. The van der Waals surface area contributed by atoms with Crippen LogP contribution in [0.3, 0.4) is 0 Å². The monoisotopic (exact) mass is 500 g/mol. The van der Waals surface area contributed by atoms with Crippen molar-refractivity contribution in [1.29, 1.82) is 0 Å². The number of nitrogens with two attached hydrogens (primary N) is 1. The lowest BCUT2D eigenvalue weighted by molar-refractivity contribution is -0.110. The number of nitrogens with one attached hydrogen (secondary N) is 2. The predicted molar refractivity (Wildman–Crippen MR) is 147 cm³/mol. The minimum atomic E-state index is -0.565. The van der Waals surface area contributed by atoms with E-state index in [9.17, 15) is 14.7 Å². The molecular weight excluding hydrogens is 468 g/mol. The number of benzene rings is 3. The van der Waals surface area contributed by atoms with Gasteiger partial charge in [-0.15, -0.1) is 0 Å². The molecule has 3 aromatic carbocycles. The number of ether oxygens (including phenoxy) is 1. The van der Waals surface area contributed by atoms with Crippen molar-refractivity contribution in [3.05, 3.63) is 89.6 Å². The number of carbonyl (C=O) groups excluding carboxylic acids is 2. The lowest BCUT2D eigenvalue weighted by Crippen LogP contribution is -2.35. The normalized spacial score (nSPS) is 14.4. The van der Waals surface area contributed by atoms with Gasteiger partial charge in [-0.25, -0.2) is 0 Å². The molecule has 0 saturated heterocycles. The Hall–Kier alpha value is -4.14. The summed E-state index contributed by atoms with van der Waals surface area (Å²) in [6.07, 6.45) is 1.08. The fraction of sp³-hybridized carbons (Fsp3) is 0.241. The van der Waals surface area contributed by atoms with Crippen molar-refractivity contribution in [1.82, 2.24) is 4.90 Å². The summed E-state index contributed by atoms with van der Waals surface area (Å²) in [6, 6.07) is 19.3. The van der Waals surface area contributed by atoms with Crippen LogP contribution in [0.4, 0.5) is 17.1 Å². The van der Waals surface area contributed by atoms with Gasteiger partial charge in [0.1, 0.15) is 18.5 Å². The maximum Gasteiger partial charge on any atom is 0.257 e. The zero-order chi connectivity index (χ0) is 26.4. The van der Waals surface area contributed by atoms with Gasteiger partial charge in [-0.05, 0) is 55.6 Å². The average molecular weight is 501 g/mol. The van der Waals surface area contributed by atoms with Gasteiger partial charge in [-0.2, -0.15) is 0 Å². The summed E-state index contributed by atoms with van der Waals surface area (Å²) in [6.45, 7) is 6.68. The molecule has 4 rings (SSSR count). The molecule has 0 aromatic heterocycles. The summed E-state index contributed by atoms with van der Waals surface area (Å²) in [5, 5.41) is 16.2. The number of rotatable bonds is 11. The van der Waals surface area contributed by atoms with Crippen molar-refractivity contribution in [3.8, 4) is 5.75 Å². The molecule has 0 bridgehead atoms. The molecule has 1 amide bonds. The molecule has 192 valence electrons. The molecule has 3 aromatic rings. The number of ketones is 1. The van der Waals surface area contributed by atoms with Crippen LogP contribution in [0.15, 0.2) is 72.9 Å². The topological polar surface area (TPSA) is 117 Å². The van der Waals surface area contributed by atoms with Crippen molar-refractivity contribution in [2.45, 2.75) is 20.0 Å². The van der Waals surface area contributed by atoms with Gasteiger partial charge in [0.25, 0.3) is 5.91 Å². The van der Waals surface area contributed by atoms with Crippen molar-refractivity contribution in [2.24, 2.45) is 0 Å². The van der Waals surface area contributed by atoms with Gasteiger partial charge < -0.3 is 31.1 Å². The van der Waals surface area contributed by atoms with Gasteiger partial charge in [-0.3, -0.25) is 9.59 Å². The number of carbonyl (C=O) groups is 2. The fourth-order valence-electron chi connectivity index (χ4n) is 4.15. The molecule has 0 saturated carbocycles. The van der Waals surface area contributed by atoms with E-state index in [0.717, 1.165) is 18.8 Å². The van der Waals surface area contributed by atoms with E-state index in [1.54, 1.807) is 48.7 Å². The number of anilines is 3. The summed E-state index contributed by atoms with van der Waals surface area (Å²) < 4.78 is 5.70. The molecule has 1 heterocycles. The van der Waals surface area contributed by atoms with E-state index in [2.05, 4.69) is 29.4 Å². The van der Waals surface area contributed by atoms with E-state index >= 15 is 0 Å². The largest absolute Gasteiger partial charge is 0.491 e. The predicted octanol–water partition coefficient (Wildman–Crippen LogP) is 3.99. The molecule has 0 spiro atoms. The molecule has 1 aliphatic rings. The summed E-state index contributed by atoms with van der Waals surface area (Å²) in [5.41, 5.74) is 9.82. The van der Waals surface area contributed by atoms with E-state index < -0.39 is 6.10 Å². The Morgan fingerprint density at radius 1 is 1.08 bits per heavy atom. The molecule has 1 atom stereocenters. The number of aliphatic hydroxyl groups is 1. The number of nitrogens with zero attached hydrogens (tertiary/aromatic N) is 1. The summed E-state index contributed by atoms with van der Waals surface area (Å²) in [5.74, 6) is 0.235. The Labute approximate surface area is 216 Å². The second-order valence-corrected chi connectivity index (χ2v) is 8.85. The highest BCUT2D eigenvalue weighted by atomic mass is 16.5. The van der Waals surface area contributed by atoms with Gasteiger partial charge in [0.15, 0.2) is 5.78 Å². The molecule has 1 unspecified atom stereocenters. The number of amides is 1. The first kappa shape index (κ1) is 25.9. The SMILES string of the molecule is CCN(CC)CC(O)COc1ccc(NC=C2C(=O)Nc3cc(C(=O)c4cccc(N)c4)ccc32)cc1. The average Bonchev–Trinajstić information content (AvgIpc) is 3.23. The summed E-state index contributed by atoms with van der Waals surface area (Å²) in [4.78, 5) is 27.6. The maximum atomic E-state index is 12.8. The molecule has 8 heteroatoms. The number of fused-ring (bicyclic) bond motifs is 1. The Kier molecular flexibility index (Phi) is 8.22. The highest BCUT2D eigenvalue weighted by molar-refractivity contribution is 6.32. The van der Waals surface area contributed by atoms with Gasteiger partial charge in [-0.1, -0.05) is 38.1 Å². The number of nitrogen functional groups attached to an aromatic ring is 1. The highest BCUT2D eigenvalue weighted by Gasteiger charge is 2.25. The van der Waals surface area contributed by atoms with Crippen LogP contribution in [-0.4, -0.2) is 54.0 Å². The number of hydrogen-bond acceptors (Lipinski definition) is 7. The Bertz CT molecular complexity index is 1300. The van der Waals surface area contributed by atoms with Crippen LogP contribution in [0.1, 0.15) is 35.3 Å². The Morgan fingerprint density at radius 2 is 1.81 bits per heavy atom. The van der Waals surface area contributed by atoms with Gasteiger partial charge in [0.05, 0.1) is 5.57 Å². The second kappa shape index (κ2) is 11.7. The third-order valence-electron chi connectivity index (χ3n) is 6.26. The third-order valence-corrected chi connectivity index (χ3v) is 6.26. The van der Waals surface area contributed by atoms with Crippen molar-refractivity contribution >= 4 is 34.3 Å². The van der Waals surface area contributed by atoms with Gasteiger partial charge in [0, 0.05) is 46.5 Å². The van der Waals surface area contributed by atoms with Crippen LogP contribution < -0.4 is 21.1 Å². The van der Waals surface area contributed by atoms with Crippen LogP contribution in [0.25, 0.3) is 5.57 Å². The molecule has 0 radical (unpaired) electrons. The molecule has 5 N–H and O–H groups in total. The molecular formula is C29H32N4O4. The van der Waals surface area contributed by atoms with Crippen LogP contribution in [0.5, 0.6) is 5.75 Å². The molecule has 37 heavy (non-hydrogen) atoms. The third kappa shape index (κ3) is 6.35. The fourth-order valence-corrected chi connectivity index (χ4v) is 4.15. The summed E-state index contributed by atoms with van der Waals surface area (Å²) in [7, 11) is 0. The minimum Gasteiger partial charge on any atom is -0.491 e. The van der Waals surface area contributed by atoms with Crippen molar-refractivity contribution < 1.29 is 19.4 Å². The highest BCUT2D eigenvalue weighted by Crippen LogP contribution is 2.33. The molecule has 1 aliphatic heterocycles. The Balaban J connectivity index is 1.39. The van der Waals surface area contributed by atoms with E-state index in [4.69, 9.17) is 10.5 Å². The minimum absolute atomic E-state index is 0.164. The van der Waals surface area contributed by atoms with E-state index in [1.165, 1.54) is 0 Å². The second-order valence-electron chi connectivity index (χ2n) is 8.85. The molecule has 8 nitrogen and oxygen atoms in total. The van der Waals surface area contributed by atoms with E-state index in [1.807, 2.05) is 24.3 Å². The van der Waals surface area contributed by atoms with Crippen LogP contribution in [0.2, 0.25) is 0 Å². The zero-order valence-electron chi connectivity index (χ0n) is 21.0. The maximum absolute atomic E-state index is 12.8. The van der Waals surface area contributed by atoms with Crippen molar-refractivity contribution in [3.63, 3.8) is 0 Å². The first-order valence-electron chi connectivity index (χ1n) is 12.3. The van der Waals surface area contributed by atoms with E-state index in [0.29, 0.717) is 45.9 Å². The standard InChI is InChI=1S/C29H32N4O4/c1-3-33(4-2)17-23(34)18-37-24-11-9-22(10-12-24)31-16-26-25-13-8-20(15-27(25)32-29(26)36)28(35)19-6-5-7-21(30)14-19/h5-16,23,31,34H,3-4,17-18,30H2,1-2H3,(H,32,36). The molecule has 0 aliphatic carbocycles. The quantitative estimate of drug-likeness (QED) is 0.179. The van der Waals surface area contributed by atoms with Gasteiger partial charge in [0.2, 0.25) is 0 Å². The number of likely N-dealkylation sites (N-methyl/N-ethyl adjacent to an activating group) is 1. The van der Waals surface area contributed by atoms with E-state index in [-0.39, 0.29) is 18.3 Å². The first-order chi connectivity index (χ1) is 17.9. The van der Waals surface area contributed by atoms with Crippen LogP contribution in [-0.2, 0) is 4.79 Å². The number of aliphatic hydroxyl groups excluding tert-OH is 1. The van der Waals surface area contributed by atoms with Gasteiger partial charge >= 0.3 is 0 Å². The van der Waals surface area contributed by atoms with Crippen LogP contribution in [0, 0.1) is 0 Å². The van der Waals surface area contributed by atoms with Crippen molar-refractivity contribution in [2.75, 3.05) is 42.6 Å².